The van der Waals surface area contributed by atoms with Crippen molar-refractivity contribution in [2.45, 2.75) is 31.1 Å². The highest BCUT2D eigenvalue weighted by Crippen LogP contribution is 2.23. The smallest absolute Gasteiger partial charge is 0.272 e. The molecule has 0 aliphatic heterocycles. The maximum absolute atomic E-state index is 12.2. The van der Waals surface area contributed by atoms with Crippen LogP contribution >= 0.6 is 0 Å². The van der Waals surface area contributed by atoms with Crippen LogP contribution in [0.2, 0.25) is 0 Å². The minimum Gasteiger partial charge on any atom is -0.272 e. The molecule has 0 radical (unpaired) electrons. The first-order chi connectivity index (χ1) is 10.7. The highest BCUT2D eigenvalue weighted by atomic mass is 32.2. The van der Waals surface area contributed by atoms with E-state index in [0.29, 0.717) is 0 Å². The molecule has 7 heteroatoms. The van der Waals surface area contributed by atoms with Crippen molar-refractivity contribution in [3.63, 3.8) is 0 Å². The number of pyridine rings is 1. The monoisotopic (exact) mass is 333 g/mol. The second-order valence-electron chi connectivity index (χ2n) is 6.05. The molecule has 122 valence electrons. The van der Waals surface area contributed by atoms with Crippen molar-refractivity contribution in [2.24, 2.45) is 0 Å². The third-order valence-corrected chi connectivity index (χ3v) is 4.49. The van der Waals surface area contributed by atoms with Gasteiger partial charge in [-0.05, 0) is 35.2 Å². The molecule has 0 aliphatic carbocycles. The summed E-state index contributed by atoms with van der Waals surface area (Å²) in [7, 11) is -3.84. The Morgan fingerprint density at radius 2 is 1.70 bits per heavy atom. The average Bonchev–Trinajstić information content (AvgIpc) is 2.53. The maximum Gasteiger partial charge on any atom is 0.284 e. The van der Waals surface area contributed by atoms with Crippen LogP contribution < -0.4 is 10.3 Å². The van der Waals surface area contributed by atoms with Gasteiger partial charge >= 0.3 is 0 Å². The Labute approximate surface area is 136 Å². The molecule has 0 unspecified atom stereocenters. The van der Waals surface area contributed by atoms with E-state index >= 15 is 0 Å². The maximum atomic E-state index is 12.2. The Bertz CT molecular complexity index is 780. The van der Waals surface area contributed by atoms with E-state index in [0.717, 1.165) is 5.56 Å². The average molecular weight is 333 g/mol. The van der Waals surface area contributed by atoms with E-state index in [9.17, 15) is 13.2 Å². The van der Waals surface area contributed by atoms with Gasteiger partial charge in [0.15, 0.2) is 0 Å². The van der Waals surface area contributed by atoms with Crippen molar-refractivity contribution in [1.82, 2.24) is 15.2 Å². The molecule has 0 atom stereocenters. The summed E-state index contributed by atoms with van der Waals surface area (Å²) in [6.45, 7) is 6.13. The standard InChI is InChI=1S/C16H19N3O3S/c1-16(2,3)12-7-9-13(10-8-12)23(21,22)19-18-15(20)14-6-4-5-11-17-14/h4-11,19H,1-3H3,(H,18,20). The molecule has 0 aliphatic rings. The molecule has 1 aromatic carbocycles. The number of sulfonamides is 1. The Morgan fingerprint density at radius 1 is 1.04 bits per heavy atom. The predicted octanol–water partition coefficient (Wildman–Crippen LogP) is 2.00. The van der Waals surface area contributed by atoms with Crippen molar-refractivity contribution in [3.05, 3.63) is 59.9 Å². The van der Waals surface area contributed by atoms with Gasteiger partial charge in [-0.15, -0.1) is 4.83 Å². The zero-order chi connectivity index (χ0) is 17.1. The quantitative estimate of drug-likeness (QED) is 0.838. The second kappa shape index (κ2) is 6.47. The van der Waals surface area contributed by atoms with Crippen LogP contribution in [-0.2, 0) is 15.4 Å². The highest BCUT2D eigenvalue weighted by molar-refractivity contribution is 7.89. The van der Waals surface area contributed by atoms with Crippen LogP contribution in [0.25, 0.3) is 0 Å². The summed E-state index contributed by atoms with van der Waals surface area (Å²) < 4.78 is 24.4. The second-order valence-corrected chi connectivity index (χ2v) is 7.73. The van der Waals surface area contributed by atoms with Crippen LogP contribution in [0.5, 0.6) is 0 Å². The van der Waals surface area contributed by atoms with Crippen molar-refractivity contribution in [1.29, 1.82) is 0 Å². The van der Waals surface area contributed by atoms with Gasteiger partial charge in [0, 0.05) is 6.20 Å². The van der Waals surface area contributed by atoms with Crippen LogP contribution in [0.15, 0.2) is 53.6 Å². The Kier molecular flexibility index (Phi) is 4.82. The molecular formula is C16H19N3O3S. The number of rotatable bonds is 4. The van der Waals surface area contributed by atoms with Crippen LogP contribution in [0.4, 0.5) is 0 Å². The Hall–Kier alpha value is -2.25. The van der Waals surface area contributed by atoms with Gasteiger partial charge in [0.25, 0.3) is 15.9 Å². The number of carbonyl (C=O) groups is 1. The molecule has 2 rings (SSSR count). The molecule has 1 aromatic heterocycles. The highest BCUT2D eigenvalue weighted by Gasteiger charge is 2.18. The molecule has 2 N–H and O–H groups in total. The van der Waals surface area contributed by atoms with E-state index in [1.165, 1.54) is 24.4 Å². The zero-order valence-electron chi connectivity index (χ0n) is 13.2. The van der Waals surface area contributed by atoms with Crippen LogP contribution in [-0.4, -0.2) is 19.3 Å². The number of hydrogen-bond donors (Lipinski definition) is 2. The lowest BCUT2D eigenvalue weighted by Crippen LogP contribution is -2.41. The molecule has 1 heterocycles. The first-order valence-corrected chi connectivity index (χ1v) is 8.52. The molecule has 0 fully saturated rings. The topological polar surface area (TPSA) is 88.2 Å². The van der Waals surface area contributed by atoms with Gasteiger partial charge < -0.3 is 0 Å². The van der Waals surface area contributed by atoms with Crippen molar-refractivity contribution in [3.8, 4) is 0 Å². The fourth-order valence-corrected chi connectivity index (χ4v) is 2.71. The molecule has 0 saturated carbocycles. The van der Waals surface area contributed by atoms with Crippen LogP contribution in [0.3, 0.4) is 0 Å². The number of hydrogen-bond acceptors (Lipinski definition) is 4. The van der Waals surface area contributed by atoms with Crippen molar-refractivity contribution < 1.29 is 13.2 Å². The van der Waals surface area contributed by atoms with Crippen LogP contribution in [0, 0.1) is 0 Å². The molecule has 0 saturated heterocycles. The van der Waals surface area contributed by atoms with E-state index in [1.54, 1.807) is 24.3 Å². The fraction of sp³-hybridized carbons (Fsp3) is 0.250. The third kappa shape index (κ3) is 4.37. The summed E-state index contributed by atoms with van der Waals surface area (Å²) in [6.07, 6.45) is 1.45. The van der Waals surface area contributed by atoms with E-state index in [1.807, 2.05) is 20.8 Å². The zero-order valence-corrected chi connectivity index (χ0v) is 14.0. The first-order valence-electron chi connectivity index (χ1n) is 7.04. The van der Waals surface area contributed by atoms with E-state index in [4.69, 9.17) is 0 Å². The van der Waals surface area contributed by atoms with Crippen LogP contribution in [0.1, 0.15) is 36.8 Å². The number of amides is 1. The summed E-state index contributed by atoms with van der Waals surface area (Å²) in [6, 6.07) is 11.3. The number of nitrogens with one attached hydrogen (secondary N) is 2. The predicted molar refractivity (Wildman–Crippen MR) is 87.2 cm³/mol. The van der Waals surface area contributed by atoms with E-state index in [-0.39, 0.29) is 16.0 Å². The SMILES string of the molecule is CC(C)(C)c1ccc(S(=O)(=O)NNC(=O)c2ccccn2)cc1. The number of benzene rings is 1. The summed E-state index contributed by atoms with van der Waals surface area (Å²) in [5.74, 6) is -0.625. The minimum absolute atomic E-state index is 0.0666. The molecule has 0 spiro atoms. The molecule has 0 bridgehead atoms. The van der Waals surface area contributed by atoms with Gasteiger partial charge in [-0.1, -0.05) is 39.0 Å². The molecule has 1 amide bonds. The molecule has 6 nitrogen and oxygen atoms in total. The largest absolute Gasteiger partial charge is 0.284 e. The number of nitrogens with zero attached hydrogens (tertiary/aromatic N) is 1. The summed E-state index contributed by atoms with van der Waals surface area (Å²) in [5, 5.41) is 0. The number of aromatic nitrogens is 1. The molecule has 23 heavy (non-hydrogen) atoms. The van der Waals surface area contributed by atoms with Gasteiger partial charge in [0.1, 0.15) is 5.69 Å². The minimum atomic E-state index is -3.84. The Balaban J connectivity index is 2.09. The van der Waals surface area contributed by atoms with Crippen molar-refractivity contribution in [2.75, 3.05) is 0 Å². The fourth-order valence-electron chi connectivity index (χ4n) is 1.87. The summed E-state index contributed by atoms with van der Waals surface area (Å²) >= 11 is 0. The number of carbonyl (C=O) groups excluding carboxylic acids is 1. The van der Waals surface area contributed by atoms with Gasteiger partial charge in [0.2, 0.25) is 0 Å². The van der Waals surface area contributed by atoms with Crippen molar-refractivity contribution >= 4 is 15.9 Å². The lowest BCUT2D eigenvalue weighted by Gasteiger charge is -2.19. The lowest BCUT2D eigenvalue weighted by molar-refractivity contribution is 0.0940. The van der Waals surface area contributed by atoms with E-state index < -0.39 is 15.9 Å². The van der Waals surface area contributed by atoms with Gasteiger partial charge in [-0.2, -0.15) is 0 Å². The van der Waals surface area contributed by atoms with E-state index in [2.05, 4.69) is 15.2 Å². The lowest BCUT2D eigenvalue weighted by atomic mass is 9.87. The third-order valence-electron chi connectivity index (χ3n) is 3.23. The summed E-state index contributed by atoms with van der Waals surface area (Å²) in [4.78, 5) is 17.8. The van der Waals surface area contributed by atoms with Gasteiger partial charge in [0.05, 0.1) is 4.90 Å². The summed E-state index contributed by atoms with van der Waals surface area (Å²) in [5.41, 5.74) is 3.22. The van der Waals surface area contributed by atoms with Gasteiger partial charge in [-0.3, -0.25) is 15.2 Å². The molecule has 2 aromatic rings. The molecular weight excluding hydrogens is 314 g/mol. The van der Waals surface area contributed by atoms with Gasteiger partial charge in [-0.25, -0.2) is 8.42 Å². The first kappa shape index (κ1) is 17.1. The number of hydrazine groups is 1. The normalized spacial score (nSPS) is 12.0. The Morgan fingerprint density at radius 3 is 2.22 bits per heavy atom.